The van der Waals surface area contributed by atoms with E-state index in [1.807, 2.05) is 0 Å². The molecule has 1 unspecified atom stereocenters. The monoisotopic (exact) mass is 361 g/mol. The molecule has 0 radical (unpaired) electrons. The van der Waals surface area contributed by atoms with Crippen molar-refractivity contribution in [1.82, 2.24) is 10.3 Å². The number of esters is 1. The molecule has 1 fully saturated rings. The molecule has 26 heavy (non-hydrogen) atoms. The normalized spacial score (nSPS) is 20.9. The summed E-state index contributed by atoms with van der Waals surface area (Å²) in [6, 6.07) is 3.63. The Morgan fingerprint density at radius 1 is 1.42 bits per heavy atom. The second-order valence-corrected chi connectivity index (χ2v) is 6.83. The number of amides is 1. The summed E-state index contributed by atoms with van der Waals surface area (Å²) in [6.07, 6.45) is 4.69. The van der Waals surface area contributed by atoms with Gasteiger partial charge in [0.15, 0.2) is 0 Å². The van der Waals surface area contributed by atoms with E-state index in [2.05, 4.69) is 10.3 Å². The summed E-state index contributed by atoms with van der Waals surface area (Å²) < 4.78 is 18.2. The molecular weight excluding hydrogens is 337 g/mol. The summed E-state index contributed by atoms with van der Waals surface area (Å²) in [5.74, 6) is -0.997. The number of nitrogens with two attached hydrogens (primary N) is 1. The fraction of sp³-hybridized carbons (Fsp3) is 0.474. The zero-order valence-corrected chi connectivity index (χ0v) is 14.8. The molecule has 6 nitrogen and oxygen atoms in total. The number of H-pyrrole nitrogens is 1. The van der Waals surface area contributed by atoms with Gasteiger partial charge in [-0.3, -0.25) is 4.79 Å². The number of aromatic nitrogens is 1. The van der Waals surface area contributed by atoms with Crippen molar-refractivity contribution in [1.29, 1.82) is 0 Å². The smallest absolute Gasteiger partial charge is 0.328 e. The fourth-order valence-electron chi connectivity index (χ4n) is 3.83. The number of ether oxygens (including phenoxy) is 1. The van der Waals surface area contributed by atoms with Gasteiger partial charge in [-0.15, -0.1) is 0 Å². The van der Waals surface area contributed by atoms with Crippen LogP contribution in [0.3, 0.4) is 0 Å². The average molecular weight is 361 g/mol. The Labute approximate surface area is 151 Å². The van der Waals surface area contributed by atoms with E-state index >= 15 is 0 Å². The molecule has 0 bridgehead atoms. The van der Waals surface area contributed by atoms with Crippen molar-refractivity contribution in [2.75, 3.05) is 13.7 Å². The summed E-state index contributed by atoms with van der Waals surface area (Å²) in [5.41, 5.74) is 7.22. The van der Waals surface area contributed by atoms with E-state index in [1.165, 1.54) is 19.2 Å². The summed E-state index contributed by atoms with van der Waals surface area (Å²) >= 11 is 0. The van der Waals surface area contributed by atoms with Crippen LogP contribution in [0.4, 0.5) is 4.39 Å². The summed E-state index contributed by atoms with van der Waals surface area (Å²) in [7, 11) is 1.30. The molecule has 1 aromatic heterocycles. The lowest BCUT2D eigenvalue weighted by Gasteiger charge is -2.22. The van der Waals surface area contributed by atoms with Crippen LogP contribution in [0, 0.1) is 17.7 Å². The van der Waals surface area contributed by atoms with Gasteiger partial charge in [0, 0.05) is 29.4 Å². The number of halogens is 1. The van der Waals surface area contributed by atoms with Crippen molar-refractivity contribution in [2.45, 2.75) is 31.7 Å². The van der Waals surface area contributed by atoms with Crippen LogP contribution in [0.2, 0.25) is 0 Å². The highest BCUT2D eigenvalue weighted by molar-refractivity contribution is 5.88. The molecule has 2 aromatic rings. The molecule has 7 heteroatoms. The number of methoxy groups -OCH3 is 1. The van der Waals surface area contributed by atoms with E-state index in [-0.39, 0.29) is 30.0 Å². The quantitative estimate of drug-likeness (QED) is 0.685. The Morgan fingerprint density at radius 2 is 2.23 bits per heavy atom. The van der Waals surface area contributed by atoms with Gasteiger partial charge < -0.3 is 20.8 Å². The molecule has 4 N–H and O–H groups in total. The molecule has 3 atom stereocenters. The molecule has 1 aliphatic carbocycles. The maximum atomic E-state index is 13.3. The molecule has 1 amide bonds. The van der Waals surface area contributed by atoms with Gasteiger partial charge in [0.2, 0.25) is 5.91 Å². The largest absolute Gasteiger partial charge is 0.467 e. The van der Waals surface area contributed by atoms with Gasteiger partial charge in [-0.05, 0) is 49.1 Å². The van der Waals surface area contributed by atoms with Crippen LogP contribution < -0.4 is 11.1 Å². The molecule has 1 aliphatic rings. The first-order valence-corrected chi connectivity index (χ1v) is 8.87. The standard InChI is InChI=1S/C19H24FN3O3/c1-26-19(25)17(23-18(24)15-4-2-3-11(15)9-21)7-12-10-22-16-8-13(20)5-6-14(12)16/h5-6,8,10-11,15,17,22H,2-4,7,9,21H2,1H3,(H,23,24)/t11-,15-,17?/m1/s1. The van der Waals surface area contributed by atoms with E-state index in [0.29, 0.717) is 12.1 Å². The summed E-state index contributed by atoms with van der Waals surface area (Å²) in [6.45, 7) is 0.467. The lowest BCUT2D eigenvalue weighted by molar-refractivity contribution is -0.145. The van der Waals surface area contributed by atoms with E-state index in [9.17, 15) is 14.0 Å². The van der Waals surface area contributed by atoms with E-state index in [4.69, 9.17) is 10.5 Å². The number of aromatic amines is 1. The minimum absolute atomic E-state index is 0.153. The Bertz CT molecular complexity index is 804. The minimum atomic E-state index is -0.796. The van der Waals surface area contributed by atoms with Gasteiger partial charge in [0.25, 0.3) is 0 Å². The zero-order valence-electron chi connectivity index (χ0n) is 14.8. The maximum absolute atomic E-state index is 13.3. The van der Waals surface area contributed by atoms with Crippen molar-refractivity contribution in [3.05, 3.63) is 35.8 Å². The highest BCUT2D eigenvalue weighted by Gasteiger charge is 2.34. The average Bonchev–Trinajstić information content (AvgIpc) is 3.27. The van der Waals surface area contributed by atoms with Crippen LogP contribution in [0.15, 0.2) is 24.4 Å². The second kappa shape index (κ2) is 7.86. The van der Waals surface area contributed by atoms with Crippen molar-refractivity contribution in [3.8, 4) is 0 Å². The summed E-state index contributed by atoms with van der Waals surface area (Å²) in [4.78, 5) is 27.8. The number of carbonyl (C=O) groups is 2. The van der Waals surface area contributed by atoms with Crippen LogP contribution >= 0.6 is 0 Å². The topological polar surface area (TPSA) is 97.2 Å². The van der Waals surface area contributed by atoms with Gasteiger partial charge >= 0.3 is 5.97 Å². The summed E-state index contributed by atoms with van der Waals surface area (Å²) in [5, 5.41) is 3.65. The predicted molar refractivity (Wildman–Crippen MR) is 95.8 cm³/mol. The third kappa shape index (κ3) is 3.72. The van der Waals surface area contributed by atoms with Gasteiger partial charge in [0.1, 0.15) is 11.9 Å². The Kier molecular flexibility index (Phi) is 5.56. The number of fused-ring (bicyclic) bond motifs is 1. The third-order valence-electron chi connectivity index (χ3n) is 5.25. The number of hydrogen-bond donors (Lipinski definition) is 3. The van der Waals surface area contributed by atoms with Gasteiger partial charge in [-0.2, -0.15) is 0 Å². The first-order valence-electron chi connectivity index (χ1n) is 8.87. The lowest BCUT2D eigenvalue weighted by Crippen LogP contribution is -2.46. The molecule has 0 spiro atoms. The predicted octanol–water partition coefficient (Wildman–Crippen LogP) is 1.88. The van der Waals surface area contributed by atoms with Crippen molar-refractivity contribution < 1.29 is 18.7 Å². The van der Waals surface area contributed by atoms with Crippen molar-refractivity contribution in [2.24, 2.45) is 17.6 Å². The Morgan fingerprint density at radius 3 is 2.96 bits per heavy atom. The highest BCUT2D eigenvalue weighted by atomic mass is 19.1. The van der Waals surface area contributed by atoms with E-state index in [1.54, 1.807) is 12.3 Å². The number of nitrogens with one attached hydrogen (secondary N) is 2. The molecule has 0 saturated heterocycles. The van der Waals surface area contributed by atoms with Crippen LogP contribution in [0.1, 0.15) is 24.8 Å². The first-order chi connectivity index (χ1) is 12.5. The van der Waals surface area contributed by atoms with Crippen molar-refractivity contribution >= 4 is 22.8 Å². The van der Waals surface area contributed by atoms with Gasteiger partial charge in [-0.1, -0.05) is 6.42 Å². The number of rotatable bonds is 6. The van der Waals surface area contributed by atoms with E-state index < -0.39 is 12.0 Å². The van der Waals surface area contributed by atoms with Crippen LogP contribution in [-0.4, -0.2) is 36.6 Å². The Hall–Kier alpha value is -2.41. The molecule has 1 saturated carbocycles. The van der Waals surface area contributed by atoms with Gasteiger partial charge in [0.05, 0.1) is 7.11 Å². The first kappa shape index (κ1) is 18.4. The minimum Gasteiger partial charge on any atom is -0.467 e. The number of carbonyl (C=O) groups excluding carboxylic acids is 2. The van der Waals surface area contributed by atoms with Crippen LogP contribution in [0.5, 0.6) is 0 Å². The molecule has 0 aliphatic heterocycles. The van der Waals surface area contributed by atoms with Gasteiger partial charge in [-0.25, -0.2) is 9.18 Å². The number of benzene rings is 1. The highest BCUT2D eigenvalue weighted by Crippen LogP contribution is 2.31. The van der Waals surface area contributed by atoms with Crippen molar-refractivity contribution in [3.63, 3.8) is 0 Å². The lowest BCUT2D eigenvalue weighted by atomic mass is 9.94. The van der Waals surface area contributed by atoms with Crippen LogP contribution in [0.25, 0.3) is 10.9 Å². The maximum Gasteiger partial charge on any atom is 0.328 e. The zero-order chi connectivity index (χ0) is 18.7. The SMILES string of the molecule is COC(=O)C(Cc1c[nH]c2cc(F)ccc12)NC(=O)[C@@H]1CCC[C@@H]1CN. The molecular formula is C19H24FN3O3. The second-order valence-electron chi connectivity index (χ2n) is 6.83. The third-order valence-corrected chi connectivity index (χ3v) is 5.25. The number of hydrogen-bond acceptors (Lipinski definition) is 4. The van der Waals surface area contributed by atoms with E-state index in [0.717, 1.165) is 30.2 Å². The molecule has 3 rings (SSSR count). The Balaban J connectivity index is 1.77. The molecule has 1 heterocycles. The fourth-order valence-corrected chi connectivity index (χ4v) is 3.83. The molecule has 140 valence electrons. The molecule has 1 aromatic carbocycles. The van der Waals surface area contributed by atoms with Crippen LogP contribution in [-0.2, 0) is 20.7 Å².